The van der Waals surface area contributed by atoms with Crippen molar-refractivity contribution in [2.75, 3.05) is 41.1 Å². The minimum Gasteiger partial charge on any atom is -0.354 e. The number of rotatable bonds is 5. The van der Waals surface area contributed by atoms with Gasteiger partial charge in [0.1, 0.15) is 17.5 Å². The van der Waals surface area contributed by atoms with Gasteiger partial charge in [0.2, 0.25) is 11.6 Å². The maximum Gasteiger partial charge on any atom is 0.302 e. The van der Waals surface area contributed by atoms with Gasteiger partial charge in [-0.05, 0) is 30.7 Å². The molecule has 3 heterocycles. The monoisotopic (exact) mass is 457 g/mol. The predicted octanol–water partition coefficient (Wildman–Crippen LogP) is 2.80. The first-order valence-electron chi connectivity index (χ1n) is 10.1. The van der Waals surface area contributed by atoms with Gasteiger partial charge in [0.15, 0.2) is 0 Å². The summed E-state index contributed by atoms with van der Waals surface area (Å²) in [6.45, 7) is 15.7. The molecule has 0 aromatic carbocycles. The van der Waals surface area contributed by atoms with Crippen molar-refractivity contribution in [3.63, 3.8) is 0 Å². The number of carbonyl (C=O) groups excluding carboxylic acids is 1. The number of piperazine rings is 1. The summed E-state index contributed by atoms with van der Waals surface area (Å²) in [5, 5.41) is 2.73. The van der Waals surface area contributed by atoms with Crippen molar-refractivity contribution in [2.24, 2.45) is 5.41 Å². The Bertz CT molecular complexity index is 1130. The van der Waals surface area contributed by atoms with E-state index in [2.05, 4.69) is 24.9 Å². The van der Waals surface area contributed by atoms with Gasteiger partial charge < -0.3 is 10.2 Å². The van der Waals surface area contributed by atoms with Crippen molar-refractivity contribution in [3.05, 3.63) is 47.4 Å². The Morgan fingerprint density at radius 2 is 1.78 bits per heavy atom. The van der Waals surface area contributed by atoms with Gasteiger partial charge in [-0.2, -0.15) is 12.7 Å². The van der Waals surface area contributed by atoms with E-state index in [1.807, 2.05) is 4.90 Å². The van der Waals surface area contributed by atoms with Gasteiger partial charge in [-0.25, -0.2) is 9.83 Å². The summed E-state index contributed by atoms with van der Waals surface area (Å²) < 4.78 is 29.7. The van der Waals surface area contributed by atoms with Crippen LogP contribution in [0.25, 0.3) is 4.85 Å². The number of nitrogens with one attached hydrogen (secondary N) is 2. The molecule has 0 spiro atoms. The summed E-state index contributed by atoms with van der Waals surface area (Å²) in [5.41, 5.74) is 0.624. The third kappa shape index (κ3) is 5.72. The number of carbonyl (C=O) groups is 1. The van der Waals surface area contributed by atoms with Crippen LogP contribution in [-0.2, 0) is 15.0 Å². The highest BCUT2D eigenvalue weighted by molar-refractivity contribution is 7.90. The predicted molar refractivity (Wildman–Crippen MR) is 124 cm³/mol. The molecule has 1 amide bonds. The molecular formula is C21H27N7O3S. The number of hydrogen-bond donors (Lipinski definition) is 2. The molecule has 2 N–H and O–H groups in total. The van der Waals surface area contributed by atoms with E-state index in [1.165, 1.54) is 10.5 Å². The first-order chi connectivity index (χ1) is 15.0. The topological polar surface area (TPSA) is 112 Å². The van der Waals surface area contributed by atoms with Crippen LogP contribution < -0.4 is 14.9 Å². The normalized spacial score (nSPS) is 15.2. The van der Waals surface area contributed by atoms with Gasteiger partial charge in [-0.1, -0.05) is 26.8 Å². The Morgan fingerprint density at radius 1 is 1.12 bits per heavy atom. The molecule has 0 radical (unpaired) electrons. The quantitative estimate of drug-likeness (QED) is 0.668. The average molecular weight is 458 g/mol. The Kier molecular flexibility index (Phi) is 6.66. The fourth-order valence-corrected chi connectivity index (χ4v) is 4.22. The van der Waals surface area contributed by atoms with Crippen LogP contribution in [-0.4, -0.2) is 54.8 Å². The van der Waals surface area contributed by atoms with Gasteiger partial charge in [-0.3, -0.25) is 14.5 Å². The molecule has 0 saturated carbocycles. The van der Waals surface area contributed by atoms with E-state index in [1.54, 1.807) is 52.0 Å². The summed E-state index contributed by atoms with van der Waals surface area (Å²) in [6.07, 6.45) is 1.51. The molecule has 2 aromatic rings. The summed E-state index contributed by atoms with van der Waals surface area (Å²) in [4.78, 5) is 26.1. The zero-order chi connectivity index (χ0) is 23.5. The first-order valence-corrected chi connectivity index (χ1v) is 11.6. The van der Waals surface area contributed by atoms with Gasteiger partial charge in [0, 0.05) is 37.8 Å². The minimum absolute atomic E-state index is 0.146. The lowest BCUT2D eigenvalue weighted by Crippen LogP contribution is -2.50. The zero-order valence-corrected chi connectivity index (χ0v) is 19.4. The summed E-state index contributed by atoms with van der Waals surface area (Å²) in [5.74, 6) is 0.940. The van der Waals surface area contributed by atoms with Crippen molar-refractivity contribution >= 4 is 39.3 Å². The van der Waals surface area contributed by atoms with Crippen LogP contribution in [0.5, 0.6) is 0 Å². The third-order valence-corrected chi connectivity index (χ3v) is 6.40. The van der Waals surface area contributed by atoms with Crippen LogP contribution in [0.4, 0.5) is 23.1 Å². The van der Waals surface area contributed by atoms with Crippen LogP contribution in [0.2, 0.25) is 0 Å². The third-order valence-electron chi connectivity index (χ3n) is 4.89. The molecule has 1 saturated heterocycles. The molecule has 1 aliphatic heterocycles. The van der Waals surface area contributed by atoms with Crippen LogP contribution in [0.1, 0.15) is 26.3 Å². The van der Waals surface area contributed by atoms with Crippen LogP contribution >= 0.6 is 0 Å². The summed E-state index contributed by atoms with van der Waals surface area (Å²) >= 11 is 0. The van der Waals surface area contributed by atoms with Gasteiger partial charge in [-0.15, -0.1) is 0 Å². The van der Waals surface area contributed by atoms with Gasteiger partial charge >= 0.3 is 10.2 Å². The molecule has 32 heavy (non-hydrogen) atoms. The van der Waals surface area contributed by atoms with E-state index in [0.29, 0.717) is 30.4 Å². The second-order valence-electron chi connectivity index (χ2n) is 8.60. The number of aryl methyl sites for hydroxylation is 1. The molecule has 2 aromatic heterocycles. The van der Waals surface area contributed by atoms with Gasteiger partial charge in [0.05, 0.1) is 6.57 Å². The highest BCUT2D eigenvalue weighted by Crippen LogP contribution is 2.22. The van der Waals surface area contributed by atoms with Crippen molar-refractivity contribution < 1.29 is 13.2 Å². The molecule has 0 atom stereocenters. The zero-order valence-electron chi connectivity index (χ0n) is 18.6. The second-order valence-corrected chi connectivity index (χ2v) is 10.3. The van der Waals surface area contributed by atoms with Crippen molar-refractivity contribution in [1.29, 1.82) is 0 Å². The smallest absolute Gasteiger partial charge is 0.302 e. The SMILES string of the molecule is [C-]#[N+]c1ccc(N2CCN(S(=O)(=O)Nc3cc(C)cc(NC(=O)C(C)(C)C)n3)CC2)nc1. The summed E-state index contributed by atoms with van der Waals surface area (Å²) in [7, 11) is -3.82. The Labute approximate surface area is 188 Å². The average Bonchev–Trinajstić information content (AvgIpc) is 2.72. The fraction of sp³-hybridized carbons (Fsp3) is 0.429. The van der Waals surface area contributed by atoms with Crippen molar-refractivity contribution in [3.8, 4) is 0 Å². The number of pyridine rings is 2. The van der Waals surface area contributed by atoms with E-state index in [-0.39, 0.29) is 24.8 Å². The molecule has 0 aliphatic carbocycles. The molecule has 10 nitrogen and oxygen atoms in total. The van der Waals surface area contributed by atoms with Crippen molar-refractivity contribution in [2.45, 2.75) is 27.7 Å². The van der Waals surface area contributed by atoms with Crippen LogP contribution in [0.3, 0.4) is 0 Å². The second kappa shape index (κ2) is 9.10. The number of amides is 1. The molecule has 0 unspecified atom stereocenters. The lowest BCUT2D eigenvalue weighted by Gasteiger charge is -2.34. The van der Waals surface area contributed by atoms with E-state index < -0.39 is 15.6 Å². The lowest BCUT2D eigenvalue weighted by molar-refractivity contribution is -0.123. The standard InChI is InChI=1S/C21H27N7O3S/c1-15-12-17(25-20(29)21(2,3)4)24-18(13-15)26-32(30,31)28-10-8-27(9-11-28)19-7-6-16(22-5)14-23-19/h6-7,12-14H,8-11H2,1-4H3,(H2,24,25,26,29). The highest BCUT2D eigenvalue weighted by Gasteiger charge is 2.28. The lowest BCUT2D eigenvalue weighted by atomic mass is 9.96. The van der Waals surface area contributed by atoms with Crippen LogP contribution in [0, 0.1) is 18.9 Å². The highest BCUT2D eigenvalue weighted by atomic mass is 32.2. The fourth-order valence-electron chi connectivity index (χ4n) is 3.07. The number of aromatic nitrogens is 2. The van der Waals surface area contributed by atoms with Crippen molar-refractivity contribution in [1.82, 2.24) is 14.3 Å². The van der Waals surface area contributed by atoms with Crippen LogP contribution in [0.15, 0.2) is 30.5 Å². The van der Waals surface area contributed by atoms with E-state index in [0.717, 1.165) is 5.56 Å². The largest absolute Gasteiger partial charge is 0.354 e. The number of hydrogen-bond acceptors (Lipinski definition) is 6. The Morgan fingerprint density at radius 3 is 2.34 bits per heavy atom. The maximum atomic E-state index is 12.9. The number of anilines is 3. The molecule has 1 aliphatic rings. The molecule has 1 fully saturated rings. The molecule has 3 rings (SSSR count). The molecule has 0 bridgehead atoms. The van der Waals surface area contributed by atoms with Gasteiger partial charge in [0.25, 0.3) is 0 Å². The maximum absolute atomic E-state index is 12.9. The van der Waals surface area contributed by atoms with E-state index in [9.17, 15) is 13.2 Å². The van der Waals surface area contributed by atoms with E-state index >= 15 is 0 Å². The molecule has 170 valence electrons. The number of nitrogens with zero attached hydrogens (tertiary/aromatic N) is 5. The minimum atomic E-state index is -3.82. The summed E-state index contributed by atoms with van der Waals surface area (Å²) in [6, 6.07) is 6.76. The Hall–Kier alpha value is -3.23. The molecule has 11 heteroatoms. The molecular weight excluding hydrogens is 430 g/mol. The Balaban J connectivity index is 1.66. The first kappa shape index (κ1) is 23.4. The van der Waals surface area contributed by atoms with E-state index in [4.69, 9.17) is 6.57 Å².